The van der Waals surface area contributed by atoms with E-state index in [1.54, 1.807) is 0 Å². The Kier molecular flexibility index (Phi) is 10.4. The smallest absolute Gasteiger partial charge is 0.0544 e. The Hall–Kier alpha value is -2.21. The Morgan fingerprint density at radius 3 is 2.00 bits per heavy atom. The highest BCUT2D eigenvalue weighted by Gasteiger charge is 2.08. The van der Waals surface area contributed by atoms with Crippen molar-refractivity contribution in [3.05, 3.63) is 96.1 Å². The second-order valence-electron chi connectivity index (χ2n) is 7.21. The van der Waals surface area contributed by atoms with E-state index < -0.39 is 0 Å². The molecule has 0 aliphatic rings. The van der Waals surface area contributed by atoms with Crippen LogP contribution >= 0.6 is 11.8 Å². The van der Waals surface area contributed by atoms with Crippen LogP contribution in [-0.4, -0.2) is 40.4 Å². The summed E-state index contributed by atoms with van der Waals surface area (Å²) in [5.41, 5.74) is 3.57. The molecule has 30 heavy (non-hydrogen) atoms. The molecule has 0 aliphatic carbocycles. The van der Waals surface area contributed by atoms with E-state index in [1.807, 2.05) is 48.4 Å². The molecule has 0 N–H and O–H groups in total. The number of thioether (sulfide) groups is 1. The SMILES string of the molecule is c1ccc(CSCCCOCCCN(Cc2ccccn2)Cc2ccccn2)cc1. The van der Waals surface area contributed by atoms with Crippen LogP contribution in [0.4, 0.5) is 0 Å². The van der Waals surface area contributed by atoms with Crippen molar-refractivity contribution in [3.8, 4) is 0 Å². The minimum absolute atomic E-state index is 0.796. The zero-order valence-corrected chi connectivity index (χ0v) is 18.3. The minimum Gasteiger partial charge on any atom is -0.381 e. The van der Waals surface area contributed by atoms with E-state index in [0.717, 1.165) is 68.6 Å². The molecule has 0 bridgehead atoms. The molecule has 3 rings (SSSR count). The summed E-state index contributed by atoms with van der Waals surface area (Å²) in [6.45, 7) is 4.25. The second kappa shape index (κ2) is 13.9. The molecule has 0 fully saturated rings. The van der Waals surface area contributed by atoms with Crippen LogP contribution in [0.25, 0.3) is 0 Å². The maximum Gasteiger partial charge on any atom is 0.0544 e. The largest absolute Gasteiger partial charge is 0.381 e. The fraction of sp³-hybridized carbons (Fsp3) is 0.360. The number of hydrogen-bond acceptors (Lipinski definition) is 5. The summed E-state index contributed by atoms with van der Waals surface area (Å²) in [6, 6.07) is 22.8. The third kappa shape index (κ3) is 9.08. The van der Waals surface area contributed by atoms with Gasteiger partial charge < -0.3 is 4.74 Å². The lowest BCUT2D eigenvalue weighted by Gasteiger charge is -2.21. The average molecular weight is 422 g/mol. The van der Waals surface area contributed by atoms with Gasteiger partial charge in [0.2, 0.25) is 0 Å². The van der Waals surface area contributed by atoms with Crippen molar-refractivity contribution in [2.45, 2.75) is 31.7 Å². The topological polar surface area (TPSA) is 38.2 Å². The molecule has 0 amide bonds. The van der Waals surface area contributed by atoms with E-state index in [4.69, 9.17) is 4.74 Å². The van der Waals surface area contributed by atoms with Crippen molar-refractivity contribution in [1.29, 1.82) is 0 Å². The molecule has 0 spiro atoms. The summed E-state index contributed by atoms with van der Waals surface area (Å²) in [5.74, 6) is 2.22. The van der Waals surface area contributed by atoms with Gasteiger partial charge in [0.25, 0.3) is 0 Å². The number of benzene rings is 1. The number of hydrogen-bond donors (Lipinski definition) is 0. The van der Waals surface area contributed by atoms with Crippen molar-refractivity contribution in [2.75, 3.05) is 25.5 Å². The first-order valence-corrected chi connectivity index (χ1v) is 11.8. The van der Waals surface area contributed by atoms with E-state index in [0.29, 0.717) is 0 Å². The average Bonchev–Trinajstić information content (AvgIpc) is 2.80. The maximum absolute atomic E-state index is 5.87. The fourth-order valence-electron chi connectivity index (χ4n) is 3.18. The zero-order valence-electron chi connectivity index (χ0n) is 17.5. The Balaban J connectivity index is 1.30. The van der Waals surface area contributed by atoms with Crippen LogP contribution in [0.1, 0.15) is 29.8 Å². The van der Waals surface area contributed by atoms with Crippen LogP contribution in [0.2, 0.25) is 0 Å². The molecule has 2 aromatic heterocycles. The molecule has 5 heteroatoms. The second-order valence-corrected chi connectivity index (χ2v) is 8.32. The van der Waals surface area contributed by atoms with Gasteiger partial charge in [0.15, 0.2) is 0 Å². The van der Waals surface area contributed by atoms with Gasteiger partial charge in [0, 0.05) is 51.0 Å². The lowest BCUT2D eigenvalue weighted by molar-refractivity contribution is 0.118. The maximum atomic E-state index is 5.87. The summed E-state index contributed by atoms with van der Waals surface area (Å²) in [4.78, 5) is 11.3. The Bertz CT molecular complexity index is 761. The molecular formula is C25H31N3OS. The zero-order chi connectivity index (χ0) is 20.7. The van der Waals surface area contributed by atoms with E-state index in [2.05, 4.69) is 57.3 Å². The number of rotatable bonds is 14. The third-order valence-electron chi connectivity index (χ3n) is 4.68. The van der Waals surface area contributed by atoms with Crippen LogP contribution in [0.5, 0.6) is 0 Å². The number of pyridine rings is 2. The van der Waals surface area contributed by atoms with E-state index >= 15 is 0 Å². The lowest BCUT2D eigenvalue weighted by Crippen LogP contribution is -2.26. The van der Waals surface area contributed by atoms with Gasteiger partial charge >= 0.3 is 0 Å². The predicted octanol–water partition coefficient (Wildman–Crippen LogP) is 5.21. The van der Waals surface area contributed by atoms with Gasteiger partial charge in [0.05, 0.1) is 11.4 Å². The molecule has 4 nitrogen and oxygen atoms in total. The standard InChI is InChI=1S/C25H31N3OS/c1-2-10-23(11-3-1)22-30-19-9-18-29-17-8-16-28(20-24-12-4-6-14-26-24)21-25-13-5-7-15-27-25/h1-7,10-15H,8-9,16-22H2. The van der Waals surface area contributed by atoms with E-state index in [9.17, 15) is 0 Å². The van der Waals surface area contributed by atoms with Gasteiger partial charge in [-0.15, -0.1) is 0 Å². The highest BCUT2D eigenvalue weighted by Crippen LogP contribution is 2.12. The Labute approximate surface area is 184 Å². The lowest BCUT2D eigenvalue weighted by atomic mass is 10.2. The normalized spacial score (nSPS) is 11.1. The van der Waals surface area contributed by atoms with Crippen LogP contribution in [-0.2, 0) is 23.6 Å². The Morgan fingerprint density at radius 1 is 0.733 bits per heavy atom. The van der Waals surface area contributed by atoms with Crippen molar-refractivity contribution in [3.63, 3.8) is 0 Å². The van der Waals surface area contributed by atoms with Crippen LogP contribution < -0.4 is 0 Å². The van der Waals surface area contributed by atoms with E-state index in [1.165, 1.54) is 5.56 Å². The van der Waals surface area contributed by atoms with Gasteiger partial charge in [-0.3, -0.25) is 14.9 Å². The molecule has 1 aromatic carbocycles. The van der Waals surface area contributed by atoms with Crippen molar-refractivity contribution in [2.24, 2.45) is 0 Å². The summed E-state index contributed by atoms with van der Waals surface area (Å²) in [5, 5.41) is 0. The highest BCUT2D eigenvalue weighted by atomic mass is 32.2. The number of nitrogens with zero attached hydrogens (tertiary/aromatic N) is 3. The predicted molar refractivity (Wildman–Crippen MR) is 125 cm³/mol. The van der Waals surface area contributed by atoms with Gasteiger partial charge in [0.1, 0.15) is 0 Å². The monoisotopic (exact) mass is 421 g/mol. The van der Waals surface area contributed by atoms with Crippen LogP contribution in [0, 0.1) is 0 Å². The Morgan fingerprint density at radius 2 is 1.37 bits per heavy atom. The van der Waals surface area contributed by atoms with Gasteiger partial charge in [-0.05, 0) is 48.4 Å². The summed E-state index contributed by atoms with van der Waals surface area (Å²) in [7, 11) is 0. The van der Waals surface area contributed by atoms with E-state index in [-0.39, 0.29) is 0 Å². The number of ether oxygens (including phenoxy) is 1. The number of aromatic nitrogens is 2. The van der Waals surface area contributed by atoms with Gasteiger partial charge in [-0.2, -0.15) is 11.8 Å². The molecule has 0 radical (unpaired) electrons. The first kappa shape index (κ1) is 22.5. The molecule has 0 aliphatic heterocycles. The first-order chi connectivity index (χ1) is 14.9. The van der Waals surface area contributed by atoms with Gasteiger partial charge in [-0.1, -0.05) is 42.5 Å². The molecule has 0 saturated carbocycles. The van der Waals surface area contributed by atoms with Crippen LogP contribution in [0.15, 0.2) is 79.1 Å². The third-order valence-corrected chi connectivity index (χ3v) is 5.79. The quantitative estimate of drug-likeness (QED) is 0.334. The summed E-state index contributed by atoms with van der Waals surface area (Å²) >= 11 is 1.98. The molecular weight excluding hydrogens is 390 g/mol. The minimum atomic E-state index is 0.796. The first-order valence-electron chi connectivity index (χ1n) is 10.6. The van der Waals surface area contributed by atoms with Crippen molar-refractivity contribution < 1.29 is 4.74 Å². The van der Waals surface area contributed by atoms with Crippen LogP contribution in [0.3, 0.4) is 0 Å². The molecule has 158 valence electrons. The highest BCUT2D eigenvalue weighted by molar-refractivity contribution is 7.98. The summed E-state index contributed by atoms with van der Waals surface area (Å²) in [6.07, 6.45) is 5.82. The summed E-state index contributed by atoms with van der Waals surface area (Å²) < 4.78 is 5.87. The molecule has 0 atom stereocenters. The molecule has 0 saturated heterocycles. The van der Waals surface area contributed by atoms with Crippen molar-refractivity contribution in [1.82, 2.24) is 14.9 Å². The molecule has 0 unspecified atom stereocenters. The van der Waals surface area contributed by atoms with Gasteiger partial charge in [-0.25, -0.2) is 0 Å². The molecule has 2 heterocycles. The molecule has 3 aromatic rings. The van der Waals surface area contributed by atoms with Crippen molar-refractivity contribution >= 4 is 11.8 Å². The fourth-order valence-corrected chi connectivity index (χ4v) is 4.07.